The van der Waals surface area contributed by atoms with Gasteiger partial charge in [0.05, 0.1) is 6.04 Å². The van der Waals surface area contributed by atoms with E-state index in [2.05, 4.69) is 24.1 Å². The average molecular weight is 267 g/mol. The number of aliphatic imine (C=N–C) groups is 1. The van der Waals surface area contributed by atoms with Crippen molar-refractivity contribution in [3.8, 4) is 0 Å². The summed E-state index contributed by atoms with van der Waals surface area (Å²) in [5.41, 5.74) is 0. The number of hydrogen-bond acceptors (Lipinski definition) is 3. The van der Waals surface area contributed by atoms with Crippen LogP contribution in [0.3, 0.4) is 0 Å². The van der Waals surface area contributed by atoms with Gasteiger partial charge in [0.2, 0.25) is 0 Å². The highest BCUT2D eigenvalue weighted by atomic mass is 32.2. The Labute approximate surface area is 115 Å². The van der Waals surface area contributed by atoms with E-state index in [4.69, 9.17) is 4.99 Å². The van der Waals surface area contributed by atoms with E-state index in [0.29, 0.717) is 12.1 Å². The Hall–Kier alpha value is -0.220. The SMILES string of the molecule is CC1CSC(=NC2CCN3CCCCC23)NC1C. The van der Waals surface area contributed by atoms with E-state index >= 15 is 0 Å². The second-order valence-corrected chi connectivity index (χ2v) is 7.12. The molecule has 3 saturated heterocycles. The van der Waals surface area contributed by atoms with Crippen LogP contribution in [0.1, 0.15) is 39.5 Å². The zero-order chi connectivity index (χ0) is 12.5. The number of nitrogens with zero attached hydrogens (tertiary/aromatic N) is 2. The van der Waals surface area contributed by atoms with Gasteiger partial charge >= 0.3 is 0 Å². The second kappa shape index (κ2) is 5.41. The molecule has 4 unspecified atom stereocenters. The molecule has 0 amide bonds. The van der Waals surface area contributed by atoms with Crippen molar-refractivity contribution in [2.45, 2.75) is 57.7 Å². The van der Waals surface area contributed by atoms with E-state index in [-0.39, 0.29) is 0 Å². The van der Waals surface area contributed by atoms with Crippen LogP contribution in [0.25, 0.3) is 0 Å². The Morgan fingerprint density at radius 1 is 1.22 bits per heavy atom. The smallest absolute Gasteiger partial charge is 0.157 e. The first kappa shape index (κ1) is 12.8. The van der Waals surface area contributed by atoms with Gasteiger partial charge in [0, 0.05) is 24.4 Å². The number of fused-ring (bicyclic) bond motifs is 1. The topological polar surface area (TPSA) is 27.6 Å². The molecule has 0 radical (unpaired) electrons. The maximum absolute atomic E-state index is 5.03. The maximum Gasteiger partial charge on any atom is 0.157 e. The van der Waals surface area contributed by atoms with Crippen LogP contribution < -0.4 is 5.32 Å². The summed E-state index contributed by atoms with van der Waals surface area (Å²) >= 11 is 1.92. The van der Waals surface area contributed by atoms with Crippen LogP contribution in [0.2, 0.25) is 0 Å². The zero-order valence-corrected chi connectivity index (χ0v) is 12.4. The van der Waals surface area contributed by atoms with Crippen molar-refractivity contribution in [1.29, 1.82) is 0 Å². The number of piperidine rings is 1. The molecule has 1 N–H and O–H groups in total. The fourth-order valence-corrected chi connectivity index (χ4v) is 4.52. The summed E-state index contributed by atoms with van der Waals surface area (Å²) in [6, 6.07) is 1.87. The summed E-state index contributed by atoms with van der Waals surface area (Å²) in [7, 11) is 0. The van der Waals surface area contributed by atoms with E-state index in [9.17, 15) is 0 Å². The van der Waals surface area contributed by atoms with Crippen LogP contribution in [0, 0.1) is 5.92 Å². The van der Waals surface area contributed by atoms with Crippen LogP contribution in [-0.4, -0.2) is 47.0 Å². The highest BCUT2D eigenvalue weighted by molar-refractivity contribution is 8.13. The molecular weight excluding hydrogens is 242 g/mol. The van der Waals surface area contributed by atoms with Gasteiger partial charge in [0.15, 0.2) is 5.17 Å². The molecule has 4 heteroatoms. The van der Waals surface area contributed by atoms with E-state index in [1.807, 2.05) is 11.8 Å². The third-order valence-electron chi connectivity index (χ3n) is 4.79. The number of nitrogens with one attached hydrogen (secondary N) is 1. The first-order valence-electron chi connectivity index (χ1n) is 7.45. The first-order valence-corrected chi connectivity index (χ1v) is 8.44. The molecule has 0 aromatic rings. The van der Waals surface area contributed by atoms with Gasteiger partial charge < -0.3 is 5.32 Å². The van der Waals surface area contributed by atoms with Crippen molar-refractivity contribution in [2.75, 3.05) is 18.8 Å². The minimum Gasteiger partial charge on any atom is -0.362 e. The molecule has 0 bridgehead atoms. The molecule has 102 valence electrons. The van der Waals surface area contributed by atoms with Gasteiger partial charge in [-0.25, -0.2) is 0 Å². The molecule has 3 aliphatic rings. The van der Waals surface area contributed by atoms with E-state index in [1.54, 1.807) is 0 Å². The molecule has 0 aromatic heterocycles. The van der Waals surface area contributed by atoms with Crippen molar-refractivity contribution in [3.63, 3.8) is 0 Å². The van der Waals surface area contributed by atoms with Gasteiger partial charge in [-0.15, -0.1) is 0 Å². The molecule has 0 spiro atoms. The minimum atomic E-state index is 0.556. The summed E-state index contributed by atoms with van der Waals surface area (Å²) in [5.74, 6) is 1.97. The predicted molar refractivity (Wildman–Crippen MR) is 79.3 cm³/mol. The highest BCUT2D eigenvalue weighted by Gasteiger charge is 2.36. The molecule has 3 fully saturated rings. The number of rotatable bonds is 1. The number of amidine groups is 1. The van der Waals surface area contributed by atoms with Crippen LogP contribution in [0.15, 0.2) is 4.99 Å². The number of thioether (sulfide) groups is 1. The van der Waals surface area contributed by atoms with Crippen molar-refractivity contribution < 1.29 is 0 Å². The van der Waals surface area contributed by atoms with Gasteiger partial charge in [-0.05, 0) is 38.6 Å². The molecule has 3 rings (SSSR count). The van der Waals surface area contributed by atoms with E-state index in [0.717, 1.165) is 12.0 Å². The normalized spacial score (nSPS) is 43.8. The molecule has 3 heterocycles. The lowest BCUT2D eigenvalue weighted by atomic mass is 9.99. The Morgan fingerprint density at radius 2 is 2.11 bits per heavy atom. The van der Waals surface area contributed by atoms with Gasteiger partial charge in [-0.2, -0.15) is 0 Å². The zero-order valence-electron chi connectivity index (χ0n) is 11.6. The third-order valence-corrected chi connectivity index (χ3v) is 5.98. The Morgan fingerprint density at radius 3 is 2.94 bits per heavy atom. The predicted octanol–water partition coefficient (Wildman–Crippen LogP) is 2.33. The largest absolute Gasteiger partial charge is 0.362 e. The monoisotopic (exact) mass is 267 g/mol. The summed E-state index contributed by atoms with van der Waals surface area (Å²) in [4.78, 5) is 7.70. The van der Waals surface area contributed by atoms with Crippen LogP contribution in [0.4, 0.5) is 0 Å². The number of hydrogen-bond donors (Lipinski definition) is 1. The van der Waals surface area contributed by atoms with Gasteiger partial charge in [-0.3, -0.25) is 9.89 Å². The molecule has 0 aromatic carbocycles. The summed E-state index contributed by atoms with van der Waals surface area (Å²) < 4.78 is 0. The Bertz CT molecular complexity index is 331. The van der Waals surface area contributed by atoms with Crippen molar-refractivity contribution in [1.82, 2.24) is 10.2 Å². The second-order valence-electron chi connectivity index (χ2n) is 6.11. The molecule has 3 nitrogen and oxygen atoms in total. The summed E-state index contributed by atoms with van der Waals surface area (Å²) in [5, 5.41) is 4.79. The lowest BCUT2D eigenvalue weighted by Crippen LogP contribution is -2.43. The molecule has 4 atom stereocenters. The third kappa shape index (κ3) is 2.55. The van der Waals surface area contributed by atoms with Gasteiger partial charge in [0.1, 0.15) is 0 Å². The standard InChI is InChI=1S/C14H25N3S/c1-10-9-18-14(15-11(10)2)16-12-6-8-17-7-4-3-5-13(12)17/h10-13H,3-9H2,1-2H3,(H,15,16). The Balaban J connectivity index is 1.65. The van der Waals surface area contributed by atoms with Crippen LogP contribution >= 0.6 is 11.8 Å². The maximum atomic E-state index is 5.03. The highest BCUT2D eigenvalue weighted by Crippen LogP contribution is 2.30. The van der Waals surface area contributed by atoms with E-state index in [1.165, 1.54) is 49.7 Å². The molecule has 3 aliphatic heterocycles. The molecular formula is C14H25N3S. The fourth-order valence-electron chi connectivity index (χ4n) is 3.33. The lowest BCUT2D eigenvalue weighted by Gasteiger charge is -2.32. The summed E-state index contributed by atoms with van der Waals surface area (Å²) in [6.45, 7) is 7.17. The lowest BCUT2D eigenvalue weighted by molar-refractivity contribution is 0.190. The quantitative estimate of drug-likeness (QED) is 0.790. The van der Waals surface area contributed by atoms with Crippen LogP contribution in [-0.2, 0) is 0 Å². The Kier molecular flexibility index (Phi) is 3.85. The average Bonchev–Trinajstić information content (AvgIpc) is 2.78. The molecule has 0 aliphatic carbocycles. The minimum absolute atomic E-state index is 0.556. The fraction of sp³-hybridized carbons (Fsp3) is 0.929. The summed E-state index contributed by atoms with van der Waals surface area (Å²) in [6.07, 6.45) is 5.41. The van der Waals surface area contributed by atoms with E-state index < -0.39 is 0 Å². The molecule has 18 heavy (non-hydrogen) atoms. The molecule has 0 saturated carbocycles. The van der Waals surface area contributed by atoms with Gasteiger partial charge in [-0.1, -0.05) is 25.1 Å². The van der Waals surface area contributed by atoms with Gasteiger partial charge in [0.25, 0.3) is 0 Å². The van der Waals surface area contributed by atoms with Crippen molar-refractivity contribution >= 4 is 16.9 Å². The van der Waals surface area contributed by atoms with Crippen molar-refractivity contribution in [2.24, 2.45) is 10.9 Å². The van der Waals surface area contributed by atoms with Crippen LogP contribution in [0.5, 0.6) is 0 Å². The van der Waals surface area contributed by atoms with Crippen molar-refractivity contribution in [3.05, 3.63) is 0 Å². The first-order chi connectivity index (χ1) is 8.74.